The van der Waals surface area contributed by atoms with Crippen LogP contribution in [-0.2, 0) is 15.8 Å². The summed E-state index contributed by atoms with van der Waals surface area (Å²) >= 11 is 0. The van der Waals surface area contributed by atoms with Crippen LogP contribution in [-0.4, -0.2) is 24.9 Å². The Morgan fingerprint density at radius 1 is 1.17 bits per heavy atom. The van der Waals surface area contributed by atoms with E-state index in [0.717, 1.165) is 18.2 Å². The van der Waals surface area contributed by atoms with Crippen molar-refractivity contribution in [3.63, 3.8) is 0 Å². The average Bonchev–Trinajstić information content (AvgIpc) is 2.48. The number of hydrogen-bond acceptors (Lipinski definition) is 2. The Labute approximate surface area is 132 Å². The van der Waals surface area contributed by atoms with Gasteiger partial charge < -0.3 is 10.6 Å². The number of carbonyl (C=O) groups is 2. The summed E-state index contributed by atoms with van der Waals surface area (Å²) in [5.74, 6) is -0.688. The number of alkyl halides is 3. The molecule has 0 spiro atoms. The Balaban J connectivity index is 2.45. The molecule has 7 heteroatoms. The predicted molar refractivity (Wildman–Crippen MR) is 81.3 cm³/mol. The zero-order valence-electron chi connectivity index (χ0n) is 12.9. The van der Waals surface area contributed by atoms with Gasteiger partial charge in [-0.1, -0.05) is 26.0 Å². The lowest BCUT2D eigenvalue weighted by Crippen LogP contribution is -2.35. The number of carbonyl (C=O) groups excluding carboxylic acids is 2. The molecule has 23 heavy (non-hydrogen) atoms. The van der Waals surface area contributed by atoms with Gasteiger partial charge in [-0.15, -0.1) is 0 Å². The molecule has 0 saturated carbocycles. The van der Waals surface area contributed by atoms with Crippen molar-refractivity contribution in [1.29, 1.82) is 0 Å². The van der Waals surface area contributed by atoms with E-state index in [0.29, 0.717) is 6.54 Å². The molecule has 1 rings (SSSR count). The normalized spacial score (nSPS) is 11.7. The van der Waals surface area contributed by atoms with Crippen LogP contribution in [0.25, 0.3) is 6.08 Å². The molecule has 1 aromatic rings. The summed E-state index contributed by atoms with van der Waals surface area (Å²) in [6, 6.07) is 4.69. The summed E-state index contributed by atoms with van der Waals surface area (Å²) in [5, 5.41) is 5.16. The van der Waals surface area contributed by atoms with Crippen LogP contribution in [0.5, 0.6) is 0 Å². The van der Waals surface area contributed by atoms with E-state index < -0.39 is 17.6 Å². The van der Waals surface area contributed by atoms with E-state index >= 15 is 0 Å². The monoisotopic (exact) mass is 328 g/mol. The van der Waals surface area contributed by atoms with E-state index in [1.165, 1.54) is 18.2 Å². The van der Waals surface area contributed by atoms with Crippen LogP contribution in [0.4, 0.5) is 13.2 Å². The summed E-state index contributed by atoms with van der Waals surface area (Å²) in [6.45, 7) is 4.04. The molecule has 0 aromatic heterocycles. The predicted octanol–water partition coefficient (Wildman–Crippen LogP) is 2.61. The first-order valence-electron chi connectivity index (χ1n) is 7.11. The van der Waals surface area contributed by atoms with E-state index in [2.05, 4.69) is 10.6 Å². The van der Waals surface area contributed by atoms with Crippen molar-refractivity contribution in [2.45, 2.75) is 20.0 Å². The molecule has 0 atom stereocenters. The van der Waals surface area contributed by atoms with Crippen molar-refractivity contribution in [3.8, 4) is 0 Å². The van der Waals surface area contributed by atoms with Crippen LogP contribution >= 0.6 is 0 Å². The average molecular weight is 328 g/mol. The Morgan fingerprint density at radius 2 is 1.83 bits per heavy atom. The van der Waals surface area contributed by atoms with Gasteiger partial charge in [0.2, 0.25) is 11.8 Å². The molecule has 0 saturated heterocycles. The van der Waals surface area contributed by atoms with E-state index in [-0.39, 0.29) is 23.9 Å². The third kappa shape index (κ3) is 6.99. The fraction of sp³-hybridized carbons (Fsp3) is 0.375. The van der Waals surface area contributed by atoms with E-state index in [4.69, 9.17) is 0 Å². The lowest BCUT2D eigenvalue weighted by Gasteiger charge is -2.08. The van der Waals surface area contributed by atoms with Crippen LogP contribution in [0.2, 0.25) is 0 Å². The maximum absolute atomic E-state index is 12.6. The van der Waals surface area contributed by atoms with Crippen LogP contribution < -0.4 is 10.6 Å². The second-order valence-corrected chi connectivity index (χ2v) is 5.19. The Kier molecular flexibility index (Phi) is 6.81. The lowest BCUT2D eigenvalue weighted by molar-refractivity contribution is -0.137. The van der Waals surface area contributed by atoms with Gasteiger partial charge in [-0.3, -0.25) is 9.59 Å². The summed E-state index contributed by atoms with van der Waals surface area (Å²) in [4.78, 5) is 22.8. The van der Waals surface area contributed by atoms with Crippen molar-refractivity contribution >= 4 is 17.9 Å². The number of nitrogens with one attached hydrogen (secondary N) is 2. The summed E-state index contributed by atoms with van der Waals surface area (Å²) < 4.78 is 37.7. The zero-order valence-corrected chi connectivity index (χ0v) is 12.9. The first-order chi connectivity index (χ1) is 10.7. The highest BCUT2D eigenvalue weighted by atomic mass is 19.4. The van der Waals surface area contributed by atoms with E-state index in [9.17, 15) is 22.8 Å². The Bertz CT molecular complexity index is 581. The van der Waals surface area contributed by atoms with Gasteiger partial charge in [0.05, 0.1) is 5.56 Å². The van der Waals surface area contributed by atoms with Gasteiger partial charge in [0.25, 0.3) is 0 Å². The second-order valence-electron chi connectivity index (χ2n) is 5.19. The molecule has 0 radical (unpaired) electrons. The SMILES string of the molecule is CC(C)C(=O)NCCNC(=O)C=Cc1cccc(C(F)(F)F)c1. The molecule has 0 aliphatic rings. The van der Waals surface area contributed by atoms with Gasteiger partial charge in [0.15, 0.2) is 0 Å². The van der Waals surface area contributed by atoms with Crippen molar-refractivity contribution in [1.82, 2.24) is 10.6 Å². The van der Waals surface area contributed by atoms with Crippen molar-refractivity contribution in [3.05, 3.63) is 41.5 Å². The molecular weight excluding hydrogens is 309 g/mol. The highest BCUT2D eigenvalue weighted by Gasteiger charge is 2.30. The minimum absolute atomic E-state index is 0.112. The Hall–Kier alpha value is -2.31. The van der Waals surface area contributed by atoms with Crippen LogP contribution in [0.3, 0.4) is 0 Å². The quantitative estimate of drug-likeness (QED) is 0.623. The molecule has 0 unspecified atom stereocenters. The van der Waals surface area contributed by atoms with Crippen molar-refractivity contribution < 1.29 is 22.8 Å². The molecular formula is C16H19F3N2O2. The first kappa shape index (κ1) is 18.7. The largest absolute Gasteiger partial charge is 0.416 e. The van der Waals surface area contributed by atoms with Crippen LogP contribution in [0.15, 0.2) is 30.3 Å². The summed E-state index contributed by atoms with van der Waals surface area (Å²) in [5.41, 5.74) is -0.487. The van der Waals surface area contributed by atoms with Crippen LogP contribution in [0.1, 0.15) is 25.0 Å². The minimum atomic E-state index is -4.42. The van der Waals surface area contributed by atoms with Crippen molar-refractivity contribution in [2.24, 2.45) is 5.92 Å². The molecule has 0 heterocycles. The fourth-order valence-corrected chi connectivity index (χ4v) is 1.63. The lowest BCUT2D eigenvalue weighted by atomic mass is 10.1. The first-order valence-corrected chi connectivity index (χ1v) is 7.11. The number of amides is 2. The molecule has 0 aliphatic heterocycles. The van der Waals surface area contributed by atoms with Crippen molar-refractivity contribution in [2.75, 3.05) is 13.1 Å². The highest BCUT2D eigenvalue weighted by Crippen LogP contribution is 2.29. The number of benzene rings is 1. The molecule has 1 aromatic carbocycles. The number of halogens is 3. The van der Waals surface area contributed by atoms with Gasteiger partial charge in [0, 0.05) is 25.1 Å². The van der Waals surface area contributed by atoms with Gasteiger partial charge in [-0.05, 0) is 23.8 Å². The third-order valence-electron chi connectivity index (χ3n) is 2.89. The maximum Gasteiger partial charge on any atom is 0.416 e. The molecule has 4 nitrogen and oxygen atoms in total. The van der Waals surface area contributed by atoms with E-state index in [1.807, 2.05) is 0 Å². The van der Waals surface area contributed by atoms with Crippen LogP contribution in [0, 0.1) is 5.92 Å². The smallest absolute Gasteiger partial charge is 0.354 e. The van der Waals surface area contributed by atoms with Gasteiger partial charge in [-0.25, -0.2) is 0 Å². The second kappa shape index (κ2) is 8.36. The van der Waals surface area contributed by atoms with E-state index in [1.54, 1.807) is 13.8 Å². The third-order valence-corrected chi connectivity index (χ3v) is 2.89. The number of rotatable bonds is 6. The van der Waals surface area contributed by atoms with Gasteiger partial charge in [-0.2, -0.15) is 13.2 Å². The molecule has 2 amide bonds. The molecule has 126 valence electrons. The molecule has 0 bridgehead atoms. The fourth-order valence-electron chi connectivity index (χ4n) is 1.63. The molecule has 0 fully saturated rings. The topological polar surface area (TPSA) is 58.2 Å². The summed E-state index contributed by atoms with van der Waals surface area (Å²) in [7, 11) is 0. The maximum atomic E-state index is 12.6. The highest BCUT2D eigenvalue weighted by molar-refractivity contribution is 5.91. The van der Waals surface area contributed by atoms with Gasteiger partial charge >= 0.3 is 6.18 Å². The minimum Gasteiger partial charge on any atom is -0.354 e. The zero-order chi connectivity index (χ0) is 17.5. The van der Waals surface area contributed by atoms with Gasteiger partial charge in [0.1, 0.15) is 0 Å². The molecule has 0 aliphatic carbocycles. The molecule has 2 N–H and O–H groups in total. The standard InChI is InChI=1S/C16H19F3N2O2/c1-11(2)15(23)21-9-8-20-14(22)7-6-12-4-3-5-13(10-12)16(17,18)19/h3-7,10-11H,8-9H2,1-2H3,(H,20,22)(H,21,23). The number of hydrogen-bond donors (Lipinski definition) is 2. The summed E-state index contributed by atoms with van der Waals surface area (Å²) in [6.07, 6.45) is -1.96. The Morgan fingerprint density at radius 3 is 2.43 bits per heavy atom.